The number of nitrogens with zero attached hydrogens (tertiary/aromatic N) is 4. The molecule has 1 unspecified atom stereocenters. The highest BCUT2D eigenvalue weighted by Gasteiger charge is 2.25. The van der Waals surface area contributed by atoms with Gasteiger partial charge in [-0.2, -0.15) is 4.98 Å². The van der Waals surface area contributed by atoms with Crippen molar-refractivity contribution in [1.82, 2.24) is 15.3 Å². The van der Waals surface area contributed by atoms with Gasteiger partial charge in [0, 0.05) is 38.6 Å². The second kappa shape index (κ2) is 13.2. The molecule has 3 aromatic rings. The Morgan fingerprint density at radius 3 is 2.65 bits per heavy atom. The van der Waals surface area contributed by atoms with E-state index in [4.69, 9.17) is 9.72 Å². The molecule has 1 aromatic heterocycles. The molecular weight excluding hydrogens is 464 g/mol. The van der Waals surface area contributed by atoms with E-state index < -0.39 is 0 Å². The van der Waals surface area contributed by atoms with Crippen molar-refractivity contribution in [3.8, 4) is 0 Å². The zero-order valence-corrected chi connectivity index (χ0v) is 22.1. The van der Waals surface area contributed by atoms with Gasteiger partial charge in [0.2, 0.25) is 5.95 Å². The van der Waals surface area contributed by atoms with Crippen LogP contribution in [0.1, 0.15) is 53.8 Å². The Bertz CT molecular complexity index is 1150. The molecule has 1 aliphatic rings. The lowest BCUT2D eigenvalue weighted by Crippen LogP contribution is -2.30. The van der Waals surface area contributed by atoms with Gasteiger partial charge >= 0.3 is 0 Å². The Labute approximate surface area is 220 Å². The molecule has 2 aromatic carbocycles. The molecule has 8 nitrogen and oxygen atoms in total. The van der Waals surface area contributed by atoms with Crippen LogP contribution in [0.2, 0.25) is 0 Å². The summed E-state index contributed by atoms with van der Waals surface area (Å²) in [5.74, 6) is 1.13. The molecular formula is C29H38N6O2. The maximum atomic E-state index is 13.6. The minimum Gasteiger partial charge on any atom is -0.369 e. The van der Waals surface area contributed by atoms with E-state index in [2.05, 4.69) is 32.7 Å². The van der Waals surface area contributed by atoms with Crippen molar-refractivity contribution < 1.29 is 9.53 Å². The number of hydrogen-bond acceptors (Lipinski definition) is 7. The SMILES string of the molecule is CCNc1ncc(C(=O)N(C)c2cccc(COC(CCNC)c3ccccc3)c2)c(N2CCCC2)n1. The number of anilines is 3. The standard InChI is InChI=1S/C29H38N6O2/c1-4-31-29-32-20-25(27(33-29)35-17-8-9-18-35)28(36)34(3)24-14-10-11-22(19-24)21-37-26(15-16-30-2)23-12-6-5-7-13-23/h5-7,10-14,19-20,26,30H,4,8-9,15-18,21H2,1-3H3,(H,31,32,33). The van der Waals surface area contributed by atoms with Gasteiger partial charge in [0.1, 0.15) is 11.4 Å². The first-order valence-corrected chi connectivity index (χ1v) is 13.1. The lowest BCUT2D eigenvalue weighted by molar-refractivity contribution is 0.0344. The van der Waals surface area contributed by atoms with E-state index in [1.165, 1.54) is 0 Å². The summed E-state index contributed by atoms with van der Waals surface area (Å²) in [7, 11) is 3.75. The lowest BCUT2D eigenvalue weighted by atomic mass is 10.1. The topological polar surface area (TPSA) is 82.6 Å². The molecule has 0 saturated carbocycles. The average Bonchev–Trinajstić information content (AvgIpc) is 3.48. The quantitative estimate of drug-likeness (QED) is 0.373. The van der Waals surface area contributed by atoms with Crippen LogP contribution >= 0.6 is 0 Å². The van der Waals surface area contributed by atoms with Gasteiger partial charge in [0.15, 0.2) is 0 Å². The molecule has 1 saturated heterocycles. The number of hydrogen-bond donors (Lipinski definition) is 2. The zero-order valence-electron chi connectivity index (χ0n) is 22.1. The average molecular weight is 503 g/mol. The summed E-state index contributed by atoms with van der Waals surface area (Å²) >= 11 is 0. The summed E-state index contributed by atoms with van der Waals surface area (Å²) in [5, 5.41) is 6.37. The smallest absolute Gasteiger partial charge is 0.263 e. The Kier molecular flexibility index (Phi) is 9.46. The highest BCUT2D eigenvalue weighted by atomic mass is 16.5. The van der Waals surface area contributed by atoms with Crippen molar-refractivity contribution in [2.75, 3.05) is 55.4 Å². The van der Waals surface area contributed by atoms with Crippen LogP contribution < -0.4 is 20.4 Å². The summed E-state index contributed by atoms with van der Waals surface area (Å²) in [5.41, 5.74) is 3.50. The van der Waals surface area contributed by atoms with Crippen LogP contribution in [0.3, 0.4) is 0 Å². The van der Waals surface area contributed by atoms with E-state index >= 15 is 0 Å². The third-order valence-corrected chi connectivity index (χ3v) is 6.62. The Hall–Kier alpha value is -3.49. The normalized spacial score (nSPS) is 14.0. The van der Waals surface area contributed by atoms with Gasteiger partial charge in [0.25, 0.3) is 5.91 Å². The number of carbonyl (C=O) groups is 1. The number of benzene rings is 2. The molecule has 37 heavy (non-hydrogen) atoms. The number of amides is 1. The predicted molar refractivity (Wildman–Crippen MR) is 149 cm³/mol. The van der Waals surface area contributed by atoms with E-state index in [1.54, 1.807) is 18.1 Å². The minimum absolute atomic E-state index is 0.00733. The molecule has 0 aliphatic carbocycles. The molecule has 1 amide bonds. The molecule has 0 spiro atoms. The van der Waals surface area contributed by atoms with E-state index in [-0.39, 0.29) is 12.0 Å². The molecule has 0 radical (unpaired) electrons. The van der Waals surface area contributed by atoms with E-state index in [9.17, 15) is 4.79 Å². The summed E-state index contributed by atoms with van der Waals surface area (Å²) < 4.78 is 6.34. The lowest BCUT2D eigenvalue weighted by Gasteiger charge is -2.24. The molecule has 196 valence electrons. The Morgan fingerprint density at radius 2 is 1.92 bits per heavy atom. The van der Waals surface area contributed by atoms with Crippen molar-refractivity contribution in [3.63, 3.8) is 0 Å². The highest BCUT2D eigenvalue weighted by Crippen LogP contribution is 2.27. The van der Waals surface area contributed by atoms with Gasteiger partial charge in [-0.25, -0.2) is 4.98 Å². The zero-order chi connectivity index (χ0) is 26.0. The second-order valence-electron chi connectivity index (χ2n) is 9.29. The summed E-state index contributed by atoms with van der Waals surface area (Å²) in [6.07, 6.45) is 4.72. The molecule has 2 N–H and O–H groups in total. The maximum absolute atomic E-state index is 13.6. The highest BCUT2D eigenvalue weighted by molar-refractivity contribution is 6.08. The monoisotopic (exact) mass is 502 g/mol. The van der Waals surface area contributed by atoms with Gasteiger partial charge < -0.3 is 25.2 Å². The molecule has 0 bridgehead atoms. The number of rotatable bonds is 12. The fourth-order valence-corrected chi connectivity index (χ4v) is 4.58. The van der Waals surface area contributed by atoms with Crippen LogP contribution in [0.15, 0.2) is 60.8 Å². The maximum Gasteiger partial charge on any atom is 0.263 e. The van der Waals surface area contributed by atoms with Crippen LogP contribution in [0, 0.1) is 0 Å². The number of ether oxygens (including phenoxy) is 1. The van der Waals surface area contributed by atoms with Crippen LogP contribution in [-0.2, 0) is 11.3 Å². The summed E-state index contributed by atoms with van der Waals surface area (Å²) in [4.78, 5) is 26.6. The van der Waals surface area contributed by atoms with Gasteiger partial charge in [-0.1, -0.05) is 42.5 Å². The third-order valence-electron chi connectivity index (χ3n) is 6.62. The van der Waals surface area contributed by atoms with E-state index in [0.717, 1.165) is 62.3 Å². The first kappa shape index (κ1) is 26.6. The third kappa shape index (κ3) is 6.84. The number of nitrogens with one attached hydrogen (secondary N) is 2. The van der Waals surface area contributed by atoms with Crippen LogP contribution in [0.25, 0.3) is 0 Å². The molecule has 1 aliphatic heterocycles. The Balaban J connectivity index is 1.50. The second-order valence-corrected chi connectivity index (χ2v) is 9.29. The van der Waals surface area contributed by atoms with Crippen LogP contribution in [0.4, 0.5) is 17.5 Å². The number of carbonyl (C=O) groups excluding carboxylic acids is 1. The van der Waals surface area contributed by atoms with Gasteiger partial charge in [-0.15, -0.1) is 0 Å². The summed E-state index contributed by atoms with van der Waals surface area (Å²) in [6, 6.07) is 18.3. The Morgan fingerprint density at radius 1 is 1.14 bits per heavy atom. The van der Waals surface area contributed by atoms with Crippen molar-refractivity contribution in [2.24, 2.45) is 0 Å². The van der Waals surface area contributed by atoms with Crippen molar-refractivity contribution in [3.05, 3.63) is 77.5 Å². The molecule has 8 heteroatoms. The van der Waals surface area contributed by atoms with Crippen molar-refractivity contribution >= 4 is 23.4 Å². The van der Waals surface area contributed by atoms with Gasteiger partial charge in [0.05, 0.1) is 12.7 Å². The predicted octanol–water partition coefficient (Wildman–Crippen LogP) is 4.65. The van der Waals surface area contributed by atoms with Crippen LogP contribution in [0.5, 0.6) is 0 Å². The minimum atomic E-state index is -0.126. The fourth-order valence-electron chi connectivity index (χ4n) is 4.58. The molecule has 4 rings (SSSR count). The first-order chi connectivity index (χ1) is 18.1. The largest absolute Gasteiger partial charge is 0.369 e. The molecule has 1 atom stereocenters. The van der Waals surface area contributed by atoms with Crippen molar-refractivity contribution in [1.29, 1.82) is 0 Å². The van der Waals surface area contributed by atoms with E-state index in [1.807, 2.05) is 56.4 Å². The van der Waals surface area contributed by atoms with Gasteiger partial charge in [-0.3, -0.25) is 4.79 Å². The number of aromatic nitrogens is 2. The van der Waals surface area contributed by atoms with Crippen molar-refractivity contribution in [2.45, 2.75) is 38.9 Å². The first-order valence-electron chi connectivity index (χ1n) is 13.1. The molecule has 2 heterocycles. The summed E-state index contributed by atoms with van der Waals surface area (Å²) in [6.45, 7) is 5.85. The van der Waals surface area contributed by atoms with Crippen LogP contribution in [-0.4, -0.2) is 56.1 Å². The van der Waals surface area contributed by atoms with Gasteiger partial charge in [-0.05, 0) is 63.0 Å². The fraction of sp³-hybridized carbons (Fsp3) is 0.414. The molecule has 1 fully saturated rings. The van der Waals surface area contributed by atoms with E-state index in [0.29, 0.717) is 23.9 Å².